The molecule has 2 heteroatoms. The summed E-state index contributed by atoms with van der Waals surface area (Å²) in [4.78, 5) is 0. The molecule has 0 amide bonds. The summed E-state index contributed by atoms with van der Waals surface area (Å²) in [7, 11) is 0. The van der Waals surface area contributed by atoms with Crippen LogP contribution in [0.4, 0.5) is 4.39 Å². The van der Waals surface area contributed by atoms with Crippen LogP contribution in [0.15, 0.2) is 53.0 Å². The smallest absolute Gasteiger partial charge is 0.137 e. The Kier molecular flexibility index (Phi) is 3.17. The van der Waals surface area contributed by atoms with Gasteiger partial charge in [-0.2, -0.15) is 0 Å². The van der Waals surface area contributed by atoms with Crippen LogP contribution in [0.5, 0.6) is 0 Å². The summed E-state index contributed by atoms with van der Waals surface area (Å²) >= 11 is 3.14. The molecule has 0 nitrogen and oxygen atoms in total. The summed E-state index contributed by atoms with van der Waals surface area (Å²) in [6, 6.07) is 15.3. The van der Waals surface area contributed by atoms with Crippen LogP contribution in [0.25, 0.3) is 0 Å². The molecular formula is C13H10BrF. The number of benzene rings is 2. The number of hydrogen-bond donors (Lipinski definition) is 0. The first-order chi connectivity index (χ1) is 7.25. The van der Waals surface area contributed by atoms with Crippen LogP contribution in [0.1, 0.15) is 11.1 Å². The molecule has 2 aromatic rings. The molecule has 0 radical (unpaired) electrons. The minimum Gasteiger partial charge on any atom is -0.206 e. The lowest BCUT2D eigenvalue weighted by atomic mass is 10.1. The van der Waals surface area contributed by atoms with E-state index in [1.807, 2.05) is 36.4 Å². The quantitative estimate of drug-likeness (QED) is 0.764. The van der Waals surface area contributed by atoms with Gasteiger partial charge in [0.25, 0.3) is 0 Å². The molecule has 0 N–H and O–H groups in total. The molecule has 76 valence electrons. The maximum absolute atomic E-state index is 13.2. The zero-order valence-corrected chi connectivity index (χ0v) is 9.67. The van der Waals surface area contributed by atoms with E-state index in [1.54, 1.807) is 12.1 Å². The van der Waals surface area contributed by atoms with Crippen molar-refractivity contribution in [2.45, 2.75) is 6.42 Å². The number of halogens is 2. The molecule has 0 saturated heterocycles. The minimum absolute atomic E-state index is 0.205. The standard InChI is InChI=1S/C13H10BrF/c14-12-7-6-11(9-13(12)15)8-10-4-2-1-3-5-10/h1-7,9H,8H2. The molecule has 15 heavy (non-hydrogen) atoms. The summed E-state index contributed by atoms with van der Waals surface area (Å²) < 4.78 is 13.7. The van der Waals surface area contributed by atoms with Gasteiger partial charge >= 0.3 is 0 Å². The summed E-state index contributed by atoms with van der Waals surface area (Å²) in [6.07, 6.45) is 0.769. The van der Waals surface area contributed by atoms with Gasteiger partial charge in [0.15, 0.2) is 0 Å². The molecule has 0 aromatic heterocycles. The van der Waals surface area contributed by atoms with Gasteiger partial charge in [-0.15, -0.1) is 0 Å². The normalized spacial score (nSPS) is 10.3. The summed E-state index contributed by atoms with van der Waals surface area (Å²) in [5, 5.41) is 0. The predicted molar refractivity (Wildman–Crippen MR) is 63.3 cm³/mol. The van der Waals surface area contributed by atoms with Crippen molar-refractivity contribution in [2.75, 3.05) is 0 Å². The van der Waals surface area contributed by atoms with Crippen LogP contribution in [0.2, 0.25) is 0 Å². The van der Waals surface area contributed by atoms with Gasteiger partial charge < -0.3 is 0 Å². The SMILES string of the molecule is Fc1cc(Cc2ccccc2)ccc1Br. The van der Waals surface area contributed by atoms with Gasteiger partial charge in [0.1, 0.15) is 5.82 Å². The van der Waals surface area contributed by atoms with Crippen molar-refractivity contribution in [3.05, 3.63) is 69.9 Å². The van der Waals surface area contributed by atoms with Crippen LogP contribution in [0.3, 0.4) is 0 Å². The van der Waals surface area contributed by atoms with Gasteiger partial charge in [-0.3, -0.25) is 0 Å². The van der Waals surface area contributed by atoms with Crippen molar-refractivity contribution < 1.29 is 4.39 Å². The maximum atomic E-state index is 13.2. The van der Waals surface area contributed by atoms with Gasteiger partial charge in [-0.05, 0) is 45.6 Å². The van der Waals surface area contributed by atoms with E-state index in [0.29, 0.717) is 4.47 Å². The molecule has 0 bridgehead atoms. The van der Waals surface area contributed by atoms with Crippen molar-refractivity contribution in [3.8, 4) is 0 Å². The molecule has 0 heterocycles. The monoisotopic (exact) mass is 264 g/mol. The highest BCUT2D eigenvalue weighted by atomic mass is 79.9. The summed E-state index contributed by atoms with van der Waals surface area (Å²) in [5.74, 6) is -0.205. The Balaban J connectivity index is 2.22. The second-order valence-corrected chi connectivity index (χ2v) is 4.27. The Bertz CT molecular complexity index is 451. The van der Waals surface area contributed by atoms with Crippen molar-refractivity contribution in [1.29, 1.82) is 0 Å². The van der Waals surface area contributed by atoms with E-state index in [9.17, 15) is 4.39 Å². The lowest BCUT2D eigenvalue weighted by molar-refractivity contribution is 0.619. The van der Waals surface area contributed by atoms with Crippen LogP contribution in [-0.2, 0) is 6.42 Å². The summed E-state index contributed by atoms with van der Waals surface area (Å²) in [6.45, 7) is 0. The molecule has 0 aliphatic rings. The topological polar surface area (TPSA) is 0 Å². The van der Waals surface area contributed by atoms with Crippen LogP contribution >= 0.6 is 15.9 Å². The lowest BCUT2D eigenvalue weighted by Gasteiger charge is -2.02. The molecule has 0 aliphatic carbocycles. The third-order valence-corrected chi connectivity index (χ3v) is 2.88. The highest BCUT2D eigenvalue weighted by molar-refractivity contribution is 9.10. The van der Waals surface area contributed by atoms with Gasteiger partial charge in [-0.25, -0.2) is 4.39 Å². The van der Waals surface area contributed by atoms with E-state index < -0.39 is 0 Å². The fraction of sp³-hybridized carbons (Fsp3) is 0.0769. The van der Waals surface area contributed by atoms with Crippen molar-refractivity contribution >= 4 is 15.9 Å². The van der Waals surface area contributed by atoms with Crippen LogP contribution in [-0.4, -0.2) is 0 Å². The van der Waals surface area contributed by atoms with E-state index >= 15 is 0 Å². The second-order valence-electron chi connectivity index (χ2n) is 3.41. The minimum atomic E-state index is -0.205. The third kappa shape index (κ3) is 2.66. The predicted octanol–water partition coefficient (Wildman–Crippen LogP) is 4.18. The Morgan fingerprint density at radius 2 is 1.67 bits per heavy atom. The Morgan fingerprint density at radius 3 is 2.33 bits per heavy atom. The third-order valence-electron chi connectivity index (χ3n) is 2.24. The first-order valence-corrected chi connectivity index (χ1v) is 5.53. The van der Waals surface area contributed by atoms with Crippen molar-refractivity contribution in [3.63, 3.8) is 0 Å². The molecule has 0 fully saturated rings. The van der Waals surface area contributed by atoms with Gasteiger partial charge in [0.05, 0.1) is 4.47 Å². The first-order valence-electron chi connectivity index (χ1n) is 4.73. The van der Waals surface area contributed by atoms with E-state index in [1.165, 1.54) is 5.56 Å². The molecule has 2 rings (SSSR count). The van der Waals surface area contributed by atoms with Gasteiger partial charge in [-0.1, -0.05) is 36.4 Å². The fourth-order valence-electron chi connectivity index (χ4n) is 1.48. The number of hydrogen-bond acceptors (Lipinski definition) is 0. The highest BCUT2D eigenvalue weighted by Crippen LogP contribution is 2.18. The van der Waals surface area contributed by atoms with Crippen molar-refractivity contribution in [2.24, 2.45) is 0 Å². The maximum Gasteiger partial charge on any atom is 0.137 e. The molecular weight excluding hydrogens is 255 g/mol. The Morgan fingerprint density at radius 1 is 0.933 bits per heavy atom. The molecule has 0 spiro atoms. The highest BCUT2D eigenvalue weighted by Gasteiger charge is 2.01. The van der Waals surface area contributed by atoms with E-state index in [4.69, 9.17) is 0 Å². The summed E-state index contributed by atoms with van der Waals surface area (Å²) in [5.41, 5.74) is 2.18. The van der Waals surface area contributed by atoms with Gasteiger partial charge in [0.2, 0.25) is 0 Å². The average Bonchev–Trinajstić information content (AvgIpc) is 2.25. The van der Waals surface area contributed by atoms with Crippen LogP contribution in [0, 0.1) is 5.82 Å². The lowest BCUT2D eigenvalue weighted by Crippen LogP contribution is -1.89. The van der Waals surface area contributed by atoms with Crippen molar-refractivity contribution in [1.82, 2.24) is 0 Å². The fourth-order valence-corrected chi connectivity index (χ4v) is 1.73. The van der Waals surface area contributed by atoms with Gasteiger partial charge in [0, 0.05) is 0 Å². The van der Waals surface area contributed by atoms with E-state index in [2.05, 4.69) is 15.9 Å². The first kappa shape index (κ1) is 10.4. The number of rotatable bonds is 2. The second kappa shape index (κ2) is 4.58. The molecule has 0 aliphatic heterocycles. The molecule has 0 atom stereocenters. The molecule has 0 saturated carbocycles. The van der Waals surface area contributed by atoms with Crippen LogP contribution < -0.4 is 0 Å². The Hall–Kier alpha value is -1.15. The van der Waals surface area contributed by atoms with E-state index in [-0.39, 0.29) is 5.82 Å². The molecule has 0 unspecified atom stereocenters. The Labute approximate surface area is 96.9 Å². The largest absolute Gasteiger partial charge is 0.206 e. The molecule has 2 aromatic carbocycles. The zero-order valence-electron chi connectivity index (χ0n) is 8.08. The zero-order chi connectivity index (χ0) is 10.7. The van der Waals surface area contributed by atoms with E-state index in [0.717, 1.165) is 12.0 Å². The average molecular weight is 265 g/mol.